The number of carbonyl (C=O) groups excluding carboxylic acids is 5. The highest BCUT2D eigenvalue weighted by Gasteiger charge is 2.32. The summed E-state index contributed by atoms with van der Waals surface area (Å²) in [6.07, 6.45) is -1.13. The van der Waals surface area contributed by atoms with E-state index in [2.05, 4.69) is 5.32 Å². The maximum absolute atomic E-state index is 12.6. The quantitative estimate of drug-likeness (QED) is 0.0873. The molecule has 0 aliphatic rings. The average Bonchev–Trinajstić information content (AvgIpc) is 2.71. The van der Waals surface area contributed by atoms with Gasteiger partial charge in [0.2, 0.25) is 29.5 Å². The van der Waals surface area contributed by atoms with Crippen molar-refractivity contribution in [3.8, 4) is 0 Å². The van der Waals surface area contributed by atoms with Crippen LogP contribution >= 0.6 is 0 Å². The van der Waals surface area contributed by atoms with Crippen LogP contribution < -0.4 is 38.9 Å². The normalized spacial score (nSPS) is 14.1. The third kappa shape index (κ3) is 12.3. The lowest BCUT2D eigenvalue weighted by atomic mass is 10.1. The molecule has 0 aromatic heterocycles. The fraction of sp³-hybridized carbons (Fsp3) is 0.611. The first-order valence-corrected chi connectivity index (χ1v) is 10.2. The minimum atomic E-state index is -1.83. The van der Waals surface area contributed by atoms with Crippen LogP contribution in [0.1, 0.15) is 38.5 Å². The highest BCUT2D eigenvalue weighted by molar-refractivity contribution is 5.97. The van der Waals surface area contributed by atoms with Crippen molar-refractivity contribution in [3.63, 3.8) is 0 Å². The molecule has 34 heavy (non-hydrogen) atoms. The van der Waals surface area contributed by atoms with E-state index in [0.29, 0.717) is 19.4 Å². The number of hydrogen-bond donors (Lipinski definition) is 9. The number of unbranched alkanes of at least 4 members (excludes halogenated alkanes) is 1. The summed E-state index contributed by atoms with van der Waals surface area (Å²) in [6.45, 7) is 0.385. The van der Waals surface area contributed by atoms with Gasteiger partial charge in [-0.1, -0.05) is 6.42 Å². The minimum Gasteiger partial charge on any atom is -0.481 e. The van der Waals surface area contributed by atoms with Crippen molar-refractivity contribution in [3.05, 3.63) is 0 Å². The Labute approximate surface area is 194 Å². The van der Waals surface area contributed by atoms with Crippen LogP contribution in [0.15, 0.2) is 0 Å². The molecule has 16 heteroatoms. The molecule has 0 rings (SSSR count). The smallest absolute Gasteiger partial charge is 0.326 e. The van der Waals surface area contributed by atoms with E-state index in [4.69, 9.17) is 33.1 Å². The fourth-order valence-corrected chi connectivity index (χ4v) is 2.66. The molecule has 0 bridgehead atoms. The number of primary amides is 2. The molecule has 0 saturated carbocycles. The number of nitrogens with one attached hydrogen (secondary N) is 3. The van der Waals surface area contributed by atoms with Crippen LogP contribution in [0.4, 0.5) is 0 Å². The zero-order valence-electron chi connectivity index (χ0n) is 18.3. The zero-order valence-corrected chi connectivity index (χ0v) is 18.3. The van der Waals surface area contributed by atoms with Gasteiger partial charge in [-0.2, -0.15) is 0 Å². The highest BCUT2D eigenvalue weighted by atomic mass is 16.4. The zero-order chi connectivity index (χ0) is 26.4. The van der Waals surface area contributed by atoms with Crippen molar-refractivity contribution in [1.82, 2.24) is 16.0 Å². The molecule has 192 valence electrons. The van der Waals surface area contributed by atoms with E-state index in [9.17, 15) is 33.6 Å². The Hall–Kier alpha value is -3.79. The molecule has 0 saturated heterocycles. The Morgan fingerprint density at radius 1 is 0.676 bits per heavy atom. The van der Waals surface area contributed by atoms with E-state index in [1.807, 2.05) is 10.6 Å². The third-order valence-corrected chi connectivity index (χ3v) is 4.38. The number of amides is 5. The Bertz CT molecular complexity index is 790. The molecule has 0 radical (unpaired) electrons. The molecular weight excluding hydrogens is 458 g/mol. The molecule has 0 aliphatic heterocycles. The minimum absolute atomic E-state index is 0.231. The van der Waals surface area contributed by atoms with E-state index < -0.39 is 84.9 Å². The summed E-state index contributed by atoms with van der Waals surface area (Å²) in [4.78, 5) is 82.0. The van der Waals surface area contributed by atoms with Gasteiger partial charge < -0.3 is 49.1 Å². The van der Waals surface area contributed by atoms with Crippen molar-refractivity contribution in [1.29, 1.82) is 0 Å². The van der Waals surface area contributed by atoms with Gasteiger partial charge in [0.15, 0.2) is 0 Å². The molecular formula is C18H31N7O9. The topological polar surface area (TPSA) is 300 Å². The van der Waals surface area contributed by atoms with Crippen molar-refractivity contribution in [2.75, 3.05) is 6.54 Å². The molecule has 0 fully saturated rings. The molecule has 16 nitrogen and oxygen atoms in total. The second kappa shape index (κ2) is 15.1. The lowest BCUT2D eigenvalue weighted by Crippen LogP contribution is -2.58. The van der Waals surface area contributed by atoms with Gasteiger partial charge in [0.05, 0.1) is 25.3 Å². The number of nitrogens with two attached hydrogens (primary N) is 4. The summed E-state index contributed by atoms with van der Waals surface area (Å²) in [5.41, 5.74) is 21.1. The van der Waals surface area contributed by atoms with Crippen molar-refractivity contribution in [2.24, 2.45) is 22.9 Å². The molecule has 0 aromatic rings. The standard InChI is InChI=1S/C18H31N7O9/c19-4-2-1-3-8(20)15(30)23-9(5-12(21)26)16(31)24-10(7-14(28)29)17(32)25-11(18(33)34)6-13(22)27/h8-11H,1-7,19-20H2,(H2,21,26)(H2,22,27)(H,23,30)(H,24,31)(H,25,32)(H,28,29)(H,33,34). The molecule has 0 aromatic carbocycles. The Kier molecular flexibility index (Phi) is 13.4. The number of carbonyl (C=O) groups is 7. The van der Waals surface area contributed by atoms with Crippen LogP contribution in [0, 0.1) is 0 Å². The highest BCUT2D eigenvalue weighted by Crippen LogP contribution is 2.03. The first-order valence-electron chi connectivity index (χ1n) is 10.2. The predicted molar refractivity (Wildman–Crippen MR) is 114 cm³/mol. The maximum atomic E-state index is 12.6. The predicted octanol–water partition coefficient (Wildman–Crippen LogP) is -4.79. The summed E-state index contributed by atoms with van der Waals surface area (Å²) in [5.74, 6) is -8.43. The van der Waals surface area contributed by atoms with E-state index >= 15 is 0 Å². The van der Waals surface area contributed by atoms with Crippen LogP contribution in [-0.4, -0.2) is 82.4 Å². The van der Waals surface area contributed by atoms with Crippen LogP contribution in [0.3, 0.4) is 0 Å². The van der Waals surface area contributed by atoms with Gasteiger partial charge in [-0.15, -0.1) is 0 Å². The Morgan fingerprint density at radius 2 is 1.12 bits per heavy atom. The van der Waals surface area contributed by atoms with Crippen molar-refractivity contribution >= 4 is 41.5 Å². The maximum Gasteiger partial charge on any atom is 0.326 e. The van der Waals surface area contributed by atoms with Crippen molar-refractivity contribution in [2.45, 2.75) is 62.7 Å². The molecule has 0 heterocycles. The Balaban J connectivity index is 5.48. The number of rotatable bonds is 17. The first-order chi connectivity index (χ1) is 15.8. The molecule has 0 spiro atoms. The van der Waals surface area contributed by atoms with E-state index in [1.165, 1.54) is 0 Å². The number of carboxylic acid groups (broad SMARTS) is 2. The molecule has 0 aliphatic carbocycles. The second-order valence-corrected chi connectivity index (χ2v) is 7.35. The van der Waals surface area contributed by atoms with E-state index in [0.717, 1.165) is 0 Å². The lowest BCUT2D eigenvalue weighted by molar-refractivity contribution is -0.145. The van der Waals surface area contributed by atoms with Gasteiger partial charge in [-0.3, -0.25) is 28.8 Å². The van der Waals surface area contributed by atoms with Crippen LogP contribution in [0.5, 0.6) is 0 Å². The van der Waals surface area contributed by atoms with Gasteiger partial charge in [0.1, 0.15) is 18.1 Å². The average molecular weight is 489 g/mol. The van der Waals surface area contributed by atoms with Gasteiger partial charge in [0, 0.05) is 0 Å². The summed E-state index contributed by atoms with van der Waals surface area (Å²) >= 11 is 0. The van der Waals surface area contributed by atoms with Crippen LogP contribution in [0.25, 0.3) is 0 Å². The summed E-state index contributed by atoms with van der Waals surface area (Å²) < 4.78 is 0. The van der Waals surface area contributed by atoms with E-state index in [-0.39, 0.29) is 6.42 Å². The van der Waals surface area contributed by atoms with Gasteiger partial charge in [-0.05, 0) is 19.4 Å². The van der Waals surface area contributed by atoms with Crippen LogP contribution in [-0.2, 0) is 33.6 Å². The number of hydrogen-bond acceptors (Lipinski definition) is 9. The monoisotopic (exact) mass is 489 g/mol. The second-order valence-electron chi connectivity index (χ2n) is 7.35. The Morgan fingerprint density at radius 3 is 1.56 bits per heavy atom. The largest absolute Gasteiger partial charge is 0.481 e. The molecule has 4 unspecified atom stereocenters. The van der Waals surface area contributed by atoms with E-state index in [1.54, 1.807) is 0 Å². The fourth-order valence-electron chi connectivity index (χ4n) is 2.66. The van der Waals surface area contributed by atoms with Crippen molar-refractivity contribution < 1.29 is 43.8 Å². The van der Waals surface area contributed by atoms with Gasteiger partial charge in [-0.25, -0.2) is 4.79 Å². The van der Waals surface area contributed by atoms with Gasteiger partial charge in [0.25, 0.3) is 0 Å². The van der Waals surface area contributed by atoms with Gasteiger partial charge >= 0.3 is 11.9 Å². The lowest BCUT2D eigenvalue weighted by Gasteiger charge is -2.24. The molecule has 13 N–H and O–H groups in total. The molecule has 4 atom stereocenters. The summed E-state index contributed by atoms with van der Waals surface area (Å²) in [6, 6.07) is -6.26. The third-order valence-electron chi connectivity index (χ3n) is 4.38. The number of aliphatic carboxylic acids is 2. The summed E-state index contributed by atoms with van der Waals surface area (Å²) in [7, 11) is 0. The summed E-state index contributed by atoms with van der Waals surface area (Å²) in [5, 5.41) is 24.3. The molecule has 5 amide bonds. The first kappa shape index (κ1) is 30.2. The number of carboxylic acids is 2. The SMILES string of the molecule is NCCCCC(N)C(=O)NC(CC(N)=O)C(=O)NC(CC(=O)O)C(=O)NC(CC(N)=O)C(=O)O. The van der Waals surface area contributed by atoms with Crippen LogP contribution in [0.2, 0.25) is 0 Å².